The SMILES string of the molecule is Cn1ccnc1CCNCC(C)(C)CCCCl. The lowest BCUT2D eigenvalue weighted by molar-refractivity contribution is 0.312. The van der Waals surface area contributed by atoms with Crippen LogP contribution < -0.4 is 5.32 Å². The maximum atomic E-state index is 5.72. The van der Waals surface area contributed by atoms with Crippen molar-refractivity contribution in [1.29, 1.82) is 0 Å². The van der Waals surface area contributed by atoms with Gasteiger partial charge in [-0.3, -0.25) is 0 Å². The number of hydrogen-bond donors (Lipinski definition) is 1. The fourth-order valence-electron chi connectivity index (χ4n) is 1.90. The summed E-state index contributed by atoms with van der Waals surface area (Å²) >= 11 is 5.72. The normalized spacial score (nSPS) is 12.0. The molecule has 0 aromatic carbocycles. The van der Waals surface area contributed by atoms with Crippen molar-refractivity contribution >= 4 is 11.6 Å². The number of nitrogens with one attached hydrogen (secondary N) is 1. The summed E-state index contributed by atoms with van der Waals surface area (Å²) in [7, 11) is 2.03. The molecule has 0 aliphatic carbocycles. The average molecular weight is 258 g/mol. The third-order valence-corrected chi connectivity index (χ3v) is 3.30. The topological polar surface area (TPSA) is 29.9 Å². The van der Waals surface area contributed by atoms with Crippen LogP contribution in [0.4, 0.5) is 0 Å². The van der Waals surface area contributed by atoms with Crippen LogP contribution in [0.3, 0.4) is 0 Å². The summed E-state index contributed by atoms with van der Waals surface area (Å²) in [5, 5.41) is 3.50. The molecule has 0 saturated heterocycles. The van der Waals surface area contributed by atoms with Gasteiger partial charge < -0.3 is 9.88 Å². The van der Waals surface area contributed by atoms with Gasteiger partial charge in [-0.25, -0.2) is 4.98 Å². The molecule has 1 aromatic heterocycles. The third-order valence-electron chi connectivity index (χ3n) is 3.04. The van der Waals surface area contributed by atoms with Gasteiger partial charge in [0.05, 0.1) is 0 Å². The number of alkyl halides is 1. The summed E-state index contributed by atoms with van der Waals surface area (Å²) in [6, 6.07) is 0. The van der Waals surface area contributed by atoms with Gasteiger partial charge in [-0.05, 0) is 18.3 Å². The predicted octanol–water partition coefficient (Wildman–Crippen LogP) is 2.60. The highest BCUT2D eigenvalue weighted by atomic mass is 35.5. The van der Waals surface area contributed by atoms with Crippen molar-refractivity contribution < 1.29 is 0 Å². The van der Waals surface area contributed by atoms with Crippen LogP contribution in [0.5, 0.6) is 0 Å². The van der Waals surface area contributed by atoms with Gasteiger partial charge in [0.1, 0.15) is 5.82 Å². The van der Waals surface area contributed by atoms with Crippen LogP contribution in [0, 0.1) is 5.41 Å². The summed E-state index contributed by atoms with van der Waals surface area (Å²) in [6.45, 7) is 6.59. The molecule has 0 radical (unpaired) electrons. The van der Waals surface area contributed by atoms with Gasteiger partial charge in [0.2, 0.25) is 0 Å². The Morgan fingerprint density at radius 3 is 2.82 bits per heavy atom. The molecule has 0 aliphatic rings. The van der Waals surface area contributed by atoms with E-state index in [1.165, 1.54) is 6.42 Å². The Hall–Kier alpha value is -0.540. The molecule has 0 bridgehead atoms. The molecule has 1 N–H and O–H groups in total. The highest BCUT2D eigenvalue weighted by Gasteiger charge is 2.16. The molecule has 0 amide bonds. The van der Waals surface area contributed by atoms with Crippen molar-refractivity contribution in [2.75, 3.05) is 19.0 Å². The van der Waals surface area contributed by atoms with Crippen LogP contribution in [0.25, 0.3) is 0 Å². The zero-order valence-corrected chi connectivity index (χ0v) is 11.9. The van der Waals surface area contributed by atoms with Gasteiger partial charge >= 0.3 is 0 Å². The summed E-state index contributed by atoms with van der Waals surface area (Å²) in [5.74, 6) is 1.90. The van der Waals surface area contributed by atoms with Gasteiger partial charge in [0.25, 0.3) is 0 Å². The summed E-state index contributed by atoms with van der Waals surface area (Å²) in [5.41, 5.74) is 0.330. The van der Waals surface area contributed by atoms with Crippen LogP contribution in [-0.2, 0) is 13.5 Å². The summed E-state index contributed by atoms with van der Waals surface area (Å²) in [4.78, 5) is 4.30. The first kappa shape index (κ1) is 14.5. The van der Waals surface area contributed by atoms with Crippen LogP contribution >= 0.6 is 11.6 Å². The first-order chi connectivity index (χ1) is 8.05. The molecule has 0 spiro atoms. The number of nitrogens with zero attached hydrogens (tertiary/aromatic N) is 2. The van der Waals surface area contributed by atoms with Crippen LogP contribution in [0.15, 0.2) is 12.4 Å². The van der Waals surface area contributed by atoms with Crippen molar-refractivity contribution in [1.82, 2.24) is 14.9 Å². The number of imidazole rings is 1. The Labute approximate surface area is 110 Å². The second kappa shape index (κ2) is 7.02. The first-order valence-electron chi connectivity index (χ1n) is 6.28. The lowest BCUT2D eigenvalue weighted by atomic mass is 9.88. The van der Waals surface area contributed by atoms with Crippen LogP contribution in [-0.4, -0.2) is 28.5 Å². The second-order valence-electron chi connectivity index (χ2n) is 5.34. The number of aryl methyl sites for hydroxylation is 1. The van der Waals surface area contributed by atoms with E-state index in [0.717, 1.165) is 37.6 Å². The van der Waals surface area contributed by atoms with E-state index in [0.29, 0.717) is 5.41 Å². The number of rotatable bonds is 8. The molecule has 0 fully saturated rings. The van der Waals surface area contributed by atoms with Crippen LogP contribution in [0.1, 0.15) is 32.5 Å². The zero-order valence-electron chi connectivity index (χ0n) is 11.2. The molecular formula is C13H24ClN3. The van der Waals surface area contributed by atoms with E-state index >= 15 is 0 Å². The highest BCUT2D eigenvalue weighted by molar-refractivity contribution is 6.17. The molecule has 3 nitrogen and oxygen atoms in total. The van der Waals surface area contributed by atoms with Crippen molar-refractivity contribution in [2.24, 2.45) is 12.5 Å². The quantitative estimate of drug-likeness (QED) is 0.573. The molecule has 0 aliphatic heterocycles. The average Bonchev–Trinajstić information content (AvgIpc) is 2.68. The molecular weight excluding hydrogens is 234 g/mol. The monoisotopic (exact) mass is 257 g/mol. The maximum absolute atomic E-state index is 5.72. The van der Waals surface area contributed by atoms with Crippen molar-refractivity contribution in [3.05, 3.63) is 18.2 Å². The van der Waals surface area contributed by atoms with Gasteiger partial charge in [0.15, 0.2) is 0 Å². The van der Waals surface area contributed by atoms with Crippen LogP contribution in [0.2, 0.25) is 0 Å². The largest absolute Gasteiger partial charge is 0.338 e. The highest BCUT2D eigenvalue weighted by Crippen LogP contribution is 2.21. The number of aromatic nitrogens is 2. The van der Waals surface area contributed by atoms with Crippen molar-refractivity contribution in [3.63, 3.8) is 0 Å². The van der Waals surface area contributed by atoms with Crippen molar-refractivity contribution in [2.45, 2.75) is 33.1 Å². The van der Waals surface area contributed by atoms with E-state index < -0.39 is 0 Å². The molecule has 0 unspecified atom stereocenters. The standard InChI is InChI=1S/C13H24ClN3/c1-13(2,6-4-7-14)11-15-8-5-12-16-9-10-17(12)3/h9-10,15H,4-8,11H2,1-3H3. The first-order valence-corrected chi connectivity index (χ1v) is 6.81. The molecule has 0 saturated carbocycles. The minimum Gasteiger partial charge on any atom is -0.338 e. The molecule has 4 heteroatoms. The van der Waals surface area contributed by atoms with Gasteiger partial charge in [-0.15, -0.1) is 11.6 Å². The molecule has 1 rings (SSSR count). The van der Waals surface area contributed by atoms with E-state index in [-0.39, 0.29) is 0 Å². The predicted molar refractivity (Wildman–Crippen MR) is 73.5 cm³/mol. The van der Waals surface area contributed by atoms with Crippen molar-refractivity contribution in [3.8, 4) is 0 Å². The second-order valence-corrected chi connectivity index (χ2v) is 5.72. The minimum absolute atomic E-state index is 0.330. The fourth-order valence-corrected chi connectivity index (χ4v) is 2.03. The number of hydrogen-bond acceptors (Lipinski definition) is 2. The van der Waals surface area contributed by atoms with E-state index in [1.54, 1.807) is 0 Å². The molecule has 98 valence electrons. The Kier molecular flexibility index (Phi) is 6.00. The smallest absolute Gasteiger partial charge is 0.109 e. The van der Waals surface area contributed by atoms with E-state index in [1.807, 2.05) is 19.4 Å². The molecule has 1 heterocycles. The Balaban J connectivity index is 2.17. The molecule has 0 atom stereocenters. The zero-order chi connectivity index (χ0) is 12.7. The molecule has 17 heavy (non-hydrogen) atoms. The van der Waals surface area contributed by atoms with E-state index in [2.05, 4.69) is 28.7 Å². The lowest BCUT2D eigenvalue weighted by Gasteiger charge is -2.24. The molecule has 1 aromatic rings. The fraction of sp³-hybridized carbons (Fsp3) is 0.769. The maximum Gasteiger partial charge on any atom is 0.109 e. The Morgan fingerprint density at radius 1 is 1.47 bits per heavy atom. The Morgan fingerprint density at radius 2 is 2.24 bits per heavy atom. The number of halogens is 1. The van der Waals surface area contributed by atoms with Gasteiger partial charge in [0, 0.05) is 44.8 Å². The van der Waals surface area contributed by atoms with E-state index in [4.69, 9.17) is 11.6 Å². The van der Waals surface area contributed by atoms with E-state index in [9.17, 15) is 0 Å². The Bertz CT molecular complexity index is 320. The summed E-state index contributed by atoms with van der Waals surface area (Å²) in [6.07, 6.45) is 7.08. The minimum atomic E-state index is 0.330. The summed E-state index contributed by atoms with van der Waals surface area (Å²) < 4.78 is 2.07. The lowest BCUT2D eigenvalue weighted by Crippen LogP contribution is -2.31. The third kappa shape index (κ3) is 5.55. The van der Waals surface area contributed by atoms with Gasteiger partial charge in [-0.1, -0.05) is 13.8 Å². The van der Waals surface area contributed by atoms with Gasteiger partial charge in [-0.2, -0.15) is 0 Å².